The van der Waals surface area contributed by atoms with Gasteiger partial charge in [0.05, 0.1) is 48.3 Å². The van der Waals surface area contributed by atoms with Crippen LogP contribution >= 0.6 is 0 Å². The molecule has 0 bridgehead atoms. The number of amides is 1. The Morgan fingerprint density at radius 1 is 1.12 bits per heavy atom. The highest BCUT2D eigenvalue weighted by Crippen LogP contribution is 2.40. The van der Waals surface area contributed by atoms with Crippen LogP contribution in [0.25, 0.3) is 0 Å². The summed E-state index contributed by atoms with van der Waals surface area (Å²) in [4.78, 5) is 27.9. The number of morpholine rings is 1. The first kappa shape index (κ1) is 24.1. The van der Waals surface area contributed by atoms with Crippen molar-refractivity contribution < 1.29 is 23.9 Å². The first-order chi connectivity index (χ1) is 15.8. The summed E-state index contributed by atoms with van der Waals surface area (Å²) in [7, 11) is 3.54. The van der Waals surface area contributed by atoms with E-state index < -0.39 is 10.8 Å². The van der Waals surface area contributed by atoms with E-state index in [0.29, 0.717) is 49.3 Å². The quantitative estimate of drug-likeness (QED) is 0.449. The topological polar surface area (TPSA) is 106 Å². The lowest BCUT2D eigenvalue weighted by atomic mass is 10.1. The van der Waals surface area contributed by atoms with Crippen LogP contribution in [-0.2, 0) is 4.74 Å². The zero-order chi connectivity index (χ0) is 24.0. The number of benzene rings is 2. The smallest absolute Gasteiger partial charge is 0.270 e. The molecule has 2 aromatic carbocycles. The molecule has 10 heteroatoms. The Bertz CT molecular complexity index is 1000. The van der Waals surface area contributed by atoms with Gasteiger partial charge in [0.1, 0.15) is 11.5 Å². The highest BCUT2D eigenvalue weighted by atomic mass is 16.6. The van der Waals surface area contributed by atoms with Gasteiger partial charge in [0.2, 0.25) is 0 Å². The molecule has 1 saturated heterocycles. The molecule has 1 amide bonds. The Morgan fingerprint density at radius 2 is 1.79 bits per heavy atom. The third kappa shape index (κ3) is 5.64. The number of carbonyl (C=O) groups is 1. The zero-order valence-electron chi connectivity index (χ0n) is 19.4. The first-order valence-electron chi connectivity index (χ1n) is 10.9. The Labute approximate surface area is 193 Å². The summed E-state index contributed by atoms with van der Waals surface area (Å²) >= 11 is 0. The van der Waals surface area contributed by atoms with Crippen LogP contribution < -0.4 is 24.6 Å². The van der Waals surface area contributed by atoms with Gasteiger partial charge in [-0.1, -0.05) is 0 Å². The van der Waals surface area contributed by atoms with Crippen LogP contribution in [-0.4, -0.2) is 64.4 Å². The van der Waals surface area contributed by atoms with Crippen molar-refractivity contribution in [3.8, 4) is 11.5 Å². The van der Waals surface area contributed by atoms with Crippen LogP contribution in [0.3, 0.4) is 0 Å². The molecule has 0 unspecified atom stereocenters. The lowest BCUT2D eigenvalue weighted by Gasteiger charge is -2.31. The Kier molecular flexibility index (Phi) is 7.94. The third-order valence-electron chi connectivity index (χ3n) is 5.18. The fourth-order valence-electron chi connectivity index (χ4n) is 3.64. The van der Waals surface area contributed by atoms with E-state index in [-0.39, 0.29) is 11.3 Å². The van der Waals surface area contributed by atoms with E-state index >= 15 is 0 Å². The van der Waals surface area contributed by atoms with E-state index in [1.54, 1.807) is 31.1 Å². The van der Waals surface area contributed by atoms with Gasteiger partial charge in [-0.3, -0.25) is 14.9 Å². The molecule has 0 radical (unpaired) electrons. The fourth-order valence-corrected chi connectivity index (χ4v) is 3.64. The second kappa shape index (κ2) is 10.9. The minimum absolute atomic E-state index is 0.159. The van der Waals surface area contributed by atoms with Crippen molar-refractivity contribution in [3.63, 3.8) is 0 Å². The highest BCUT2D eigenvalue weighted by Gasteiger charge is 2.23. The Balaban J connectivity index is 2.01. The van der Waals surface area contributed by atoms with E-state index in [1.165, 1.54) is 12.1 Å². The highest BCUT2D eigenvalue weighted by molar-refractivity contribution is 6.09. The summed E-state index contributed by atoms with van der Waals surface area (Å²) in [5, 5.41) is 14.1. The molecule has 0 atom stereocenters. The van der Waals surface area contributed by atoms with Gasteiger partial charge in [0, 0.05) is 57.1 Å². The number of carbonyl (C=O) groups excluding carboxylic acids is 1. The Hall–Kier alpha value is -3.53. The molecule has 33 heavy (non-hydrogen) atoms. The number of nitro groups is 1. The van der Waals surface area contributed by atoms with Crippen molar-refractivity contribution in [2.45, 2.75) is 13.8 Å². The second-order valence-corrected chi connectivity index (χ2v) is 7.59. The average molecular weight is 459 g/mol. The molecular weight excluding hydrogens is 428 g/mol. The molecule has 2 aromatic rings. The van der Waals surface area contributed by atoms with Gasteiger partial charge in [0.25, 0.3) is 11.6 Å². The van der Waals surface area contributed by atoms with E-state index in [4.69, 9.17) is 14.2 Å². The maximum Gasteiger partial charge on any atom is 0.270 e. The fraction of sp³-hybridized carbons (Fsp3) is 0.435. The lowest BCUT2D eigenvalue weighted by molar-refractivity contribution is -0.384. The summed E-state index contributed by atoms with van der Waals surface area (Å²) < 4.78 is 17.2. The monoisotopic (exact) mass is 458 g/mol. The molecule has 1 fully saturated rings. The van der Waals surface area contributed by atoms with Gasteiger partial charge in [0.15, 0.2) is 0 Å². The molecule has 0 aromatic heterocycles. The third-order valence-corrected chi connectivity index (χ3v) is 5.18. The minimum atomic E-state index is -0.522. The molecule has 178 valence electrons. The number of nitro benzene ring substituents is 1. The molecule has 1 heterocycles. The SMILES string of the molecule is CCOc1cc(N2CCOCC2)c(OCC)cc1NC(=O)c1cc([N+](=O)[O-])ccc1N(C)C. The van der Waals surface area contributed by atoms with E-state index in [9.17, 15) is 14.9 Å². The number of nitrogens with zero attached hydrogens (tertiary/aromatic N) is 3. The van der Waals surface area contributed by atoms with Crippen molar-refractivity contribution in [2.75, 3.05) is 68.7 Å². The molecule has 0 aliphatic carbocycles. The summed E-state index contributed by atoms with van der Waals surface area (Å²) in [6.07, 6.45) is 0. The van der Waals surface area contributed by atoms with Gasteiger partial charge in [-0.05, 0) is 19.9 Å². The molecule has 3 rings (SSSR count). The van der Waals surface area contributed by atoms with Gasteiger partial charge >= 0.3 is 0 Å². The zero-order valence-corrected chi connectivity index (χ0v) is 19.4. The van der Waals surface area contributed by atoms with Crippen LogP contribution in [0.5, 0.6) is 11.5 Å². The molecule has 0 saturated carbocycles. The summed E-state index contributed by atoms with van der Waals surface area (Å²) in [5.41, 5.74) is 1.88. The maximum atomic E-state index is 13.2. The number of anilines is 3. The molecular formula is C23H30N4O6. The maximum absolute atomic E-state index is 13.2. The summed E-state index contributed by atoms with van der Waals surface area (Å²) in [6, 6.07) is 7.81. The van der Waals surface area contributed by atoms with E-state index in [0.717, 1.165) is 18.8 Å². The van der Waals surface area contributed by atoms with Crippen molar-refractivity contribution >= 4 is 28.7 Å². The van der Waals surface area contributed by atoms with Crippen LogP contribution in [0.2, 0.25) is 0 Å². The number of ether oxygens (including phenoxy) is 3. The lowest BCUT2D eigenvalue weighted by Crippen LogP contribution is -2.36. The van der Waals surface area contributed by atoms with Crippen LogP contribution in [0.4, 0.5) is 22.7 Å². The van der Waals surface area contributed by atoms with Crippen molar-refractivity contribution in [1.29, 1.82) is 0 Å². The number of non-ortho nitro benzene ring substituents is 1. The van der Waals surface area contributed by atoms with Crippen molar-refractivity contribution in [2.24, 2.45) is 0 Å². The first-order valence-corrected chi connectivity index (χ1v) is 10.9. The van der Waals surface area contributed by atoms with Crippen molar-refractivity contribution in [3.05, 3.63) is 46.0 Å². The van der Waals surface area contributed by atoms with E-state index in [2.05, 4.69) is 10.2 Å². The average Bonchev–Trinajstić information content (AvgIpc) is 2.80. The van der Waals surface area contributed by atoms with Crippen molar-refractivity contribution in [1.82, 2.24) is 0 Å². The van der Waals surface area contributed by atoms with Crippen LogP contribution in [0, 0.1) is 10.1 Å². The van der Waals surface area contributed by atoms with Crippen LogP contribution in [0.1, 0.15) is 24.2 Å². The second-order valence-electron chi connectivity index (χ2n) is 7.59. The minimum Gasteiger partial charge on any atom is -0.492 e. The molecule has 10 nitrogen and oxygen atoms in total. The number of nitrogens with one attached hydrogen (secondary N) is 1. The largest absolute Gasteiger partial charge is 0.492 e. The molecule has 0 spiro atoms. The number of hydrogen-bond acceptors (Lipinski definition) is 8. The Morgan fingerprint density at radius 3 is 2.39 bits per heavy atom. The molecule has 1 aliphatic rings. The molecule has 1 N–H and O–H groups in total. The number of rotatable bonds is 9. The normalized spacial score (nSPS) is 13.4. The van der Waals surface area contributed by atoms with Gasteiger partial charge in [-0.25, -0.2) is 0 Å². The van der Waals surface area contributed by atoms with Gasteiger partial charge in [-0.2, -0.15) is 0 Å². The summed E-state index contributed by atoms with van der Waals surface area (Å²) in [5.74, 6) is 0.627. The van der Waals surface area contributed by atoms with Gasteiger partial charge in [-0.15, -0.1) is 0 Å². The van der Waals surface area contributed by atoms with Gasteiger partial charge < -0.3 is 29.3 Å². The molecule has 1 aliphatic heterocycles. The predicted octanol–water partition coefficient (Wildman–Crippen LogP) is 3.55. The van der Waals surface area contributed by atoms with Crippen LogP contribution in [0.15, 0.2) is 30.3 Å². The standard InChI is InChI=1S/C23H30N4O6/c1-5-32-21-15-20(26-9-11-31-12-10-26)22(33-6-2)14-18(21)24-23(28)17-13-16(27(29)30)7-8-19(17)25(3)4/h7-8,13-15H,5-6,9-12H2,1-4H3,(H,24,28). The van der Waals surface area contributed by atoms with E-state index in [1.807, 2.05) is 19.9 Å². The number of hydrogen-bond donors (Lipinski definition) is 1. The summed E-state index contributed by atoms with van der Waals surface area (Å²) in [6.45, 7) is 7.29. The predicted molar refractivity (Wildman–Crippen MR) is 127 cm³/mol.